The molecule has 2 aromatic carbocycles. The highest BCUT2D eigenvalue weighted by molar-refractivity contribution is 5.21. The minimum Gasteiger partial charge on any atom is -0.0654 e. The summed E-state index contributed by atoms with van der Waals surface area (Å²) >= 11 is 0. The monoisotopic (exact) mass is 266 g/mol. The van der Waals surface area contributed by atoms with Crippen LogP contribution in [-0.4, -0.2) is 0 Å². The van der Waals surface area contributed by atoms with Crippen molar-refractivity contribution in [3.05, 3.63) is 71.8 Å². The third-order valence-electron chi connectivity index (χ3n) is 4.05. The molecule has 0 aliphatic rings. The van der Waals surface area contributed by atoms with Crippen LogP contribution in [0.2, 0.25) is 0 Å². The summed E-state index contributed by atoms with van der Waals surface area (Å²) in [6.07, 6.45) is 7.79. The molecular formula is C20H26. The van der Waals surface area contributed by atoms with E-state index in [0.29, 0.717) is 5.92 Å². The van der Waals surface area contributed by atoms with Gasteiger partial charge in [0.2, 0.25) is 0 Å². The number of aryl methyl sites for hydroxylation is 1. The summed E-state index contributed by atoms with van der Waals surface area (Å²) in [6.45, 7) is 2.28. The van der Waals surface area contributed by atoms with E-state index in [2.05, 4.69) is 67.6 Å². The Bertz CT molecular complexity index is 458. The second kappa shape index (κ2) is 8.58. The summed E-state index contributed by atoms with van der Waals surface area (Å²) in [6, 6.07) is 21.9. The molecule has 0 nitrogen and oxygen atoms in total. The molecule has 2 aromatic rings. The van der Waals surface area contributed by atoms with Crippen molar-refractivity contribution in [1.82, 2.24) is 0 Å². The molecule has 0 saturated carbocycles. The molecular weight excluding hydrogens is 240 g/mol. The topological polar surface area (TPSA) is 0 Å². The zero-order valence-corrected chi connectivity index (χ0v) is 12.6. The molecule has 1 atom stereocenters. The Morgan fingerprint density at radius 2 is 1.40 bits per heavy atom. The van der Waals surface area contributed by atoms with Crippen molar-refractivity contribution in [3.8, 4) is 0 Å². The minimum absolute atomic E-state index is 0.711. The third-order valence-corrected chi connectivity index (χ3v) is 4.05. The van der Waals surface area contributed by atoms with Gasteiger partial charge < -0.3 is 0 Å². The predicted octanol–water partition coefficient (Wildman–Crippen LogP) is 5.98. The molecule has 0 heterocycles. The first-order chi connectivity index (χ1) is 9.90. The van der Waals surface area contributed by atoms with E-state index in [1.54, 1.807) is 0 Å². The molecule has 106 valence electrons. The molecule has 0 saturated heterocycles. The van der Waals surface area contributed by atoms with Crippen LogP contribution >= 0.6 is 0 Å². The van der Waals surface area contributed by atoms with Gasteiger partial charge in [-0.3, -0.25) is 0 Å². The lowest BCUT2D eigenvalue weighted by Crippen LogP contribution is -2.01. The molecule has 2 rings (SSSR count). The van der Waals surface area contributed by atoms with Crippen molar-refractivity contribution in [2.24, 2.45) is 0 Å². The van der Waals surface area contributed by atoms with Gasteiger partial charge in [-0.05, 0) is 36.3 Å². The molecule has 0 N–H and O–H groups in total. The summed E-state index contributed by atoms with van der Waals surface area (Å²) in [5.74, 6) is 0.711. The quantitative estimate of drug-likeness (QED) is 0.515. The molecule has 0 radical (unpaired) electrons. The van der Waals surface area contributed by atoms with Gasteiger partial charge in [-0.1, -0.05) is 86.8 Å². The highest BCUT2D eigenvalue weighted by Gasteiger charge is 2.11. The molecule has 0 spiro atoms. The fourth-order valence-corrected chi connectivity index (χ4v) is 2.83. The first-order valence-electron chi connectivity index (χ1n) is 7.99. The molecule has 1 unspecified atom stereocenters. The van der Waals surface area contributed by atoms with Crippen LogP contribution in [0.25, 0.3) is 0 Å². The maximum absolute atomic E-state index is 2.29. The lowest BCUT2D eigenvalue weighted by molar-refractivity contribution is 0.534. The normalized spacial score (nSPS) is 12.2. The first kappa shape index (κ1) is 14.8. The first-order valence-corrected chi connectivity index (χ1v) is 7.99. The average Bonchev–Trinajstić information content (AvgIpc) is 2.52. The number of benzene rings is 2. The Morgan fingerprint density at radius 3 is 2.05 bits per heavy atom. The van der Waals surface area contributed by atoms with Crippen LogP contribution in [0.5, 0.6) is 0 Å². The van der Waals surface area contributed by atoms with Crippen molar-refractivity contribution in [3.63, 3.8) is 0 Å². The highest BCUT2D eigenvalue weighted by atomic mass is 14.2. The number of hydrogen-bond acceptors (Lipinski definition) is 0. The van der Waals surface area contributed by atoms with E-state index in [9.17, 15) is 0 Å². The van der Waals surface area contributed by atoms with Gasteiger partial charge in [0.05, 0.1) is 0 Å². The van der Waals surface area contributed by atoms with Crippen LogP contribution in [0, 0.1) is 0 Å². The zero-order chi connectivity index (χ0) is 14.0. The summed E-state index contributed by atoms with van der Waals surface area (Å²) in [5.41, 5.74) is 2.98. The van der Waals surface area contributed by atoms with Gasteiger partial charge in [0.15, 0.2) is 0 Å². The Kier molecular flexibility index (Phi) is 6.37. The standard InChI is InChI=1S/C20H26/c1-2-3-6-13-20(19-14-9-5-10-15-19)17-16-18-11-7-4-8-12-18/h4-5,7-12,14-15,20H,2-3,6,13,16-17H2,1H3. The van der Waals surface area contributed by atoms with Crippen LogP contribution in [0.1, 0.15) is 56.1 Å². The zero-order valence-electron chi connectivity index (χ0n) is 12.6. The van der Waals surface area contributed by atoms with Gasteiger partial charge in [-0.2, -0.15) is 0 Å². The van der Waals surface area contributed by atoms with E-state index in [0.717, 1.165) is 0 Å². The Hall–Kier alpha value is -1.56. The van der Waals surface area contributed by atoms with Crippen LogP contribution in [0.15, 0.2) is 60.7 Å². The number of unbranched alkanes of at least 4 members (excludes halogenated alkanes) is 2. The molecule has 0 heteroatoms. The Labute approximate surface area is 123 Å². The predicted molar refractivity (Wildman–Crippen MR) is 88.1 cm³/mol. The van der Waals surface area contributed by atoms with E-state index >= 15 is 0 Å². The summed E-state index contributed by atoms with van der Waals surface area (Å²) in [7, 11) is 0. The van der Waals surface area contributed by atoms with Crippen molar-refractivity contribution in [1.29, 1.82) is 0 Å². The largest absolute Gasteiger partial charge is 0.0654 e. The molecule has 0 aliphatic heterocycles. The van der Waals surface area contributed by atoms with Crippen LogP contribution < -0.4 is 0 Å². The summed E-state index contributed by atoms with van der Waals surface area (Å²) < 4.78 is 0. The molecule has 0 fully saturated rings. The number of rotatable bonds is 8. The van der Waals surface area contributed by atoms with Gasteiger partial charge in [-0.15, -0.1) is 0 Å². The summed E-state index contributed by atoms with van der Waals surface area (Å²) in [4.78, 5) is 0. The maximum Gasteiger partial charge on any atom is -0.0159 e. The second-order valence-corrected chi connectivity index (χ2v) is 5.63. The number of hydrogen-bond donors (Lipinski definition) is 0. The SMILES string of the molecule is CCCCCC(CCc1ccccc1)c1ccccc1. The highest BCUT2D eigenvalue weighted by Crippen LogP contribution is 2.27. The van der Waals surface area contributed by atoms with Crippen molar-refractivity contribution in [2.45, 2.75) is 51.4 Å². The van der Waals surface area contributed by atoms with E-state index < -0.39 is 0 Å². The second-order valence-electron chi connectivity index (χ2n) is 5.63. The van der Waals surface area contributed by atoms with E-state index in [4.69, 9.17) is 0 Å². The lowest BCUT2D eigenvalue weighted by atomic mass is 9.88. The Balaban J connectivity index is 1.95. The molecule has 0 bridgehead atoms. The lowest BCUT2D eigenvalue weighted by Gasteiger charge is -2.17. The van der Waals surface area contributed by atoms with Gasteiger partial charge in [0.25, 0.3) is 0 Å². The van der Waals surface area contributed by atoms with E-state index in [1.165, 1.54) is 49.7 Å². The molecule has 20 heavy (non-hydrogen) atoms. The minimum atomic E-state index is 0.711. The van der Waals surface area contributed by atoms with E-state index in [1.807, 2.05) is 0 Å². The van der Waals surface area contributed by atoms with Gasteiger partial charge >= 0.3 is 0 Å². The van der Waals surface area contributed by atoms with Crippen molar-refractivity contribution < 1.29 is 0 Å². The smallest absolute Gasteiger partial charge is 0.0159 e. The van der Waals surface area contributed by atoms with Crippen LogP contribution in [0.3, 0.4) is 0 Å². The molecule has 0 aromatic heterocycles. The Morgan fingerprint density at radius 1 is 0.750 bits per heavy atom. The third kappa shape index (κ3) is 4.85. The molecule has 0 amide bonds. The average molecular weight is 266 g/mol. The van der Waals surface area contributed by atoms with E-state index in [-0.39, 0.29) is 0 Å². The van der Waals surface area contributed by atoms with Gasteiger partial charge in [0.1, 0.15) is 0 Å². The summed E-state index contributed by atoms with van der Waals surface area (Å²) in [5, 5.41) is 0. The van der Waals surface area contributed by atoms with Crippen LogP contribution in [-0.2, 0) is 6.42 Å². The van der Waals surface area contributed by atoms with Crippen molar-refractivity contribution >= 4 is 0 Å². The van der Waals surface area contributed by atoms with Gasteiger partial charge in [0, 0.05) is 0 Å². The van der Waals surface area contributed by atoms with Gasteiger partial charge in [-0.25, -0.2) is 0 Å². The molecule has 0 aliphatic carbocycles. The maximum atomic E-state index is 2.29. The van der Waals surface area contributed by atoms with Crippen LogP contribution in [0.4, 0.5) is 0 Å². The fourth-order valence-electron chi connectivity index (χ4n) is 2.83. The fraction of sp³-hybridized carbons (Fsp3) is 0.400. The van der Waals surface area contributed by atoms with Crippen molar-refractivity contribution in [2.75, 3.05) is 0 Å².